The van der Waals surface area contributed by atoms with E-state index >= 15 is 0 Å². The molecule has 118 valence electrons. The Labute approximate surface area is 132 Å². The van der Waals surface area contributed by atoms with Gasteiger partial charge >= 0.3 is 0 Å². The lowest BCUT2D eigenvalue weighted by atomic mass is 9.87. The van der Waals surface area contributed by atoms with Crippen LogP contribution in [0.2, 0.25) is 0 Å². The molecule has 2 unspecified atom stereocenters. The molecule has 2 nitrogen and oxygen atoms in total. The molecule has 22 heavy (non-hydrogen) atoms. The fraction of sp³-hybridized carbons (Fsp3) is 0.474. The Morgan fingerprint density at radius 1 is 1.18 bits per heavy atom. The molecular weight excluding hydrogens is 277 g/mol. The van der Waals surface area contributed by atoms with Crippen LogP contribution in [0.5, 0.6) is 0 Å². The van der Waals surface area contributed by atoms with E-state index in [0.29, 0.717) is 18.1 Å². The molecule has 1 N–H and O–H groups in total. The van der Waals surface area contributed by atoms with Crippen LogP contribution in [0.25, 0.3) is 0 Å². The smallest absolute Gasteiger partial charge is 0.128 e. The highest BCUT2D eigenvalue weighted by Gasteiger charge is 2.28. The number of hydrogen-bond acceptors (Lipinski definition) is 2. The summed E-state index contributed by atoms with van der Waals surface area (Å²) in [5.74, 6) is 1.18. The zero-order chi connectivity index (χ0) is 15.4. The van der Waals surface area contributed by atoms with E-state index in [1.165, 1.54) is 5.56 Å². The van der Waals surface area contributed by atoms with E-state index in [1.54, 1.807) is 0 Å². The number of benzene rings is 1. The van der Waals surface area contributed by atoms with Crippen molar-refractivity contribution < 1.29 is 9.13 Å². The zero-order valence-electron chi connectivity index (χ0n) is 13.1. The summed E-state index contributed by atoms with van der Waals surface area (Å²) < 4.78 is 20.2. The van der Waals surface area contributed by atoms with Gasteiger partial charge in [0.2, 0.25) is 0 Å². The molecule has 1 aliphatic carbocycles. The first-order chi connectivity index (χ1) is 10.8. The number of nitrogens with one attached hydrogen (secondary N) is 1. The highest BCUT2D eigenvalue weighted by molar-refractivity contribution is 5.28. The van der Waals surface area contributed by atoms with Crippen molar-refractivity contribution in [1.82, 2.24) is 5.32 Å². The summed E-state index contributed by atoms with van der Waals surface area (Å²) in [6.07, 6.45) is 5.54. The molecule has 2 atom stereocenters. The number of piperidine rings is 1. The fourth-order valence-corrected chi connectivity index (χ4v) is 3.25. The molecule has 1 aromatic rings. The van der Waals surface area contributed by atoms with E-state index in [9.17, 15) is 4.39 Å². The molecular formula is C19H24FNO. The molecule has 0 saturated carbocycles. The van der Waals surface area contributed by atoms with Gasteiger partial charge in [-0.1, -0.05) is 36.4 Å². The van der Waals surface area contributed by atoms with E-state index in [4.69, 9.17) is 4.74 Å². The van der Waals surface area contributed by atoms with Crippen LogP contribution in [-0.2, 0) is 4.74 Å². The van der Waals surface area contributed by atoms with Gasteiger partial charge in [0.15, 0.2) is 0 Å². The molecule has 3 rings (SSSR count). The molecule has 0 amide bonds. The number of hydrogen-bond donors (Lipinski definition) is 1. The van der Waals surface area contributed by atoms with Crippen LogP contribution in [0.15, 0.2) is 53.8 Å². The van der Waals surface area contributed by atoms with Crippen molar-refractivity contribution in [3.8, 4) is 0 Å². The Kier molecular flexibility index (Phi) is 4.94. The van der Waals surface area contributed by atoms with E-state index in [0.717, 1.165) is 31.5 Å². The maximum absolute atomic E-state index is 13.9. The Bertz CT molecular complexity index is 546. The van der Waals surface area contributed by atoms with Crippen molar-refractivity contribution in [3.05, 3.63) is 59.4 Å². The minimum absolute atomic E-state index is 0.00296. The number of ether oxygens (including phenoxy) is 1. The molecule has 1 aliphatic heterocycles. The summed E-state index contributed by atoms with van der Waals surface area (Å²) >= 11 is 0. The van der Waals surface area contributed by atoms with E-state index in [-0.39, 0.29) is 6.10 Å². The third-order valence-electron chi connectivity index (χ3n) is 4.66. The van der Waals surface area contributed by atoms with Gasteiger partial charge in [-0.25, -0.2) is 4.39 Å². The van der Waals surface area contributed by atoms with Crippen molar-refractivity contribution in [3.63, 3.8) is 0 Å². The lowest BCUT2D eigenvalue weighted by Crippen LogP contribution is -2.32. The molecule has 1 heterocycles. The summed E-state index contributed by atoms with van der Waals surface area (Å²) in [4.78, 5) is 0. The normalized spacial score (nSPS) is 24.4. The number of rotatable bonds is 4. The molecule has 2 aliphatic rings. The van der Waals surface area contributed by atoms with Gasteiger partial charge < -0.3 is 10.1 Å². The first-order valence-corrected chi connectivity index (χ1v) is 8.19. The Morgan fingerprint density at radius 2 is 1.91 bits per heavy atom. The Morgan fingerprint density at radius 3 is 2.64 bits per heavy atom. The van der Waals surface area contributed by atoms with Gasteiger partial charge in [0.25, 0.3) is 0 Å². The quantitative estimate of drug-likeness (QED) is 0.894. The van der Waals surface area contributed by atoms with Gasteiger partial charge in [0.05, 0.1) is 0 Å². The van der Waals surface area contributed by atoms with Gasteiger partial charge in [-0.2, -0.15) is 0 Å². The molecule has 1 fully saturated rings. The highest BCUT2D eigenvalue weighted by Crippen LogP contribution is 2.36. The van der Waals surface area contributed by atoms with Crippen LogP contribution in [0.1, 0.15) is 37.9 Å². The van der Waals surface area contributed by atoms with E-state index in [1.807, 2.05) is 37.3 Å². The zero-order valence-corrected chi connectivity index (χ0v) is 13.1. The third-order valence-corrected chi connectivity index (χ3v) is 4.66. The maximum Gasteiger partial charge on any atom is 0.128 e. The fourth-order valence-electron chi connectivity index (χ4n) is 3.25. The van der Waals surface area contributed by atoms with Gasteiger partial charge in [-0.05, 0) is 44.5 Å². The van der Waals surface area contributed by atoms with Crippen molar-refractivity contribution in [2.45, 2.75) is 38.5 Å². The van der Waals surface area contributed by atoms with E-state index in [2.05, 4.69) is 17.4 Å². The summed E-state index contributed by atoms with van der Waals surface area (Å²) in [7, 11) is 0. The van der Waals surface area contributed by atoms with Crippen molar-refractivity contribution in [1.29, 1.82) is 0 Å². The average Bonchev–Trinajstić information content (AvgIpc) is 2.58. The van der Waals surface area contributed by atoms with Gasteiger partial charge in [-0.15, -0.1) is 0 Å². The summed E-state index contributed by atoms with van der Waals surface area (Å²) in [5, 5.41) is 3.40. The standard InChI is InChI=1S/C19H24FNO/c1-14-17(20)8-5-9-18(14)22-19(15-6-3-2-4-7-15)16-10-12-21-13-11-16/h2-7,9,16-17,19,21H,8,10-13H2,1H3. The first kappa shape index (κ1) is 15.3. The van der Waals surface area contributed by atoms with Crippen molar-refractivity contribution >= 4 is 0 Å². The summed E-state index contributed by atoms with van der Waals surface area (Å²) in [6, 6.07) is 10.3. The molecule has 1 saturated heterocycles. The molecule has 0 bridgehead atoms. The van der Waals surface area contributed by atoms with Gasteiger partial charge in [0.1, 0.15) is 18.0 Å². The second-order valence-electron chi connectivity index (χ2n) is 6.19. The average molecular weight is 301 g/mol. The van der Waals surface area contributed by atoms with Crippen LogP contribution in [-0.4, -0.2) is 19.3 Å². The molecule has 0 aromatic heterocycles. The van der Waals surface area contributed by atoms with Gasteiger partial charge in [-0.3, -0.25) is 0 Å². The van der Waals surface area contributed by atoms with E-state index < -0.39 is 6.17 Å². The number of alkyl halides is 1. The largest absolute Gasteiger partial charge is 0.485 e. The second kappa shape index (κ2) is 7.10. The molecule has 0 spiro atoms. The second-order valence-corrected chi connectivity index (χ2v) is 6.19. The molecule has 1 aromatic carbocycles. The highest BCUT2D eigenvalue weighted by atomic mass is 19.1. The predicted molar refractivity (Wildman–Crippen MR) is 87.2 cm³/mol. The maximum atomic E-state index is 13.9. The minimum Gasteiger partial charge on any atom is -0.485 e. The topological polar surface area (TPSA) is 21.3 Å². The SMILES string of the molecule is CC1=C(OC(c2ccccc2)C2CCNCC2)C=CCC1F. The molecule has 3 heteroatoms. The Hall–Kier alpha value is -1.61. The third kappa shape index (κ3) is 3.41. The van der Waals surface area contributed by atoms with Crippen LogP contribution in [0.3, 0.4) is 0 Å². The monoisotopic (exact) mass is 301 g/mol. The van der Waals surface area contributed by atoms with Gasteiger partial charge in [0, 0.05) is 17.9 Å². The Balaban J connectivity index is 1.85. The van der Waals surface area contributed by atoms with Crippen LogP contribution in [0.4, 0.5) is 4.39 Å². The number of allylic oxidation sites excluding steroid dienone is 3. The lowest BCUT2D eigenvalue weighted by molar-refractivity contribution is 0.0515. The van der Waals surface area contributed by atoms with Crippen molar-refractivity contribution in [2.24, 2.45) is 5.92 Å². The first-order valence-electron chi connectivity index (χ1n) is 8.19. The summed E-state index contributed by atoms with van der Waals surface area (Å²) in [6.45, 7) is 3.89. The van der Waals surface area contributed by atoms with Crippen molar-refractivity contribution in [2.75, 3.05) is 13.1 Å². The minimum atomic E-state index is -0.913. The van der Waals surface area contributed by atoms with Crippen LogP contribution in [0, 0.1) is 5.92 Å². The number of halogens is 1. The molecule has 0 radical (unpaired) electrons. The van der Waals surface area contributed by atoms with Crippen LogP contribution >= 0.6 is 0 Å². The summed E-state index contributed by atoms with van der Waals surface area (Å²) in [5.41, 5.74) is 1.90. The lowest BCUT2D eigenvalue weighted by Gasteiger charge is -2.33. The predicted octanol–water partition coefficient (Wildman–Crippen LogP) is 4.32. The van der Waals surface area contributed by atoms with Crippen LogP contribution < -0.4 is 5.32 Å².